The fraction of sp³-hybridized carbons (Fsp3) is 0.353. The van der Waals surface area contributed by atoms with Crippen molar-refractivity contribution in [3.05, 3.63) is 48.8 Å². The first-order valence-corrected chi connectivity index (χ1v) is 7.86. The number of rotatable bonds is 4. The fourth-order valence-electron chi connectivity index (χ4n) is 2.69. The van der Waals surface area contributed by atoms with Crippen LogP contribution >= 0.6 is 0 Å². The van der Waals surface area contributed by atoms with Crippen molar-refractivity contribution in [3.8, 4) is 6.01 Å². The summed E-state index contributed by atoms with van der Waals surface area (Å²) >= 11 is 0. The van der Waals surface area contributed by atoms with Gasteiger partial charge in [-0.1, -0.05) is 18.2 Å². The van der Waals surface area contributed by atoms with Crippen molar-refractivity contribution in [2.45, 2.75) is 37.8 Å². The van der Waals surface area contributed by atoms with E-state index < -0.39 is 0 Å². The van der Waals surface area contributed by atoms with Gasteiger partial charge in [-0.05, 0) is 43.9 Å². The van der Waals surface area contributed by atoms with Crippen LogP contribution in [0.3, 0.4) is 0 Å². The number of ether oxygens (including phenoxy) is 1. The number of carbonyl (C=O) groups excluding carboxylic acids is 1. The highest BCUT2D eigenvalue weighted by Gasteiger charge is 2.24. The van der Waals surface area contributed by atoms with Gasteiger partial charge in [-0.3, -0.25) is 0 Å². The van der Waals surface area contributed by atoms with Crippen molar-refractivity contribution in [1.82, 2.24) is 15.3 Å². The van der Waals surface area contributed by atoms with Crippen molar-refractivity contribution in [2.75, 3.05) is 5.32 Å². The number of hydrogen-bond acceptors (Lipinski definition) is 4. The zero-order valence-electron chi connectivity index (χ0n) is 12.8. The molecule has 6 heteroatoms. The summed E-state index contributed by atoms with van der Waals surface area (Å²) in [5.74, 6) is 0. The van der Waals surface area contributed by atoms with Gasteiger partial charge >= 0.3 is 12.0 Å². The Morgan fingerprint density at radius 1 is 1.00 bits per heavy atom. The molecular weight excluding hydrogens is 292 g/mol. The molecule has 0 spiro atoms. The van der Waals surface area contributed by atoms with Crippen molar-refractivity contribution in [3.63, 3.8) is 0 Å². The lowest BCUT2D eigenvalue weighted by Gasteiger charge is -2.28. The van der Waals surface area contributed by atoms with Crippen LogP contribution in [-0.2, 0) is 0 Å². The molecule has 0 bridgehead atoms. The minimum atomic E-state index is -0.160. The van der Waals surface area contributed by atoms with Crippen LogP contribution in [0.25, 0.3) is 0 Å². The standard InChI is InChI=1S/C17H20N4O2/c22-16(20-13-5-2-1-3-6-13)21-14-7-9-15(10-8-14)23-17-18-11-4-12-19-17/h1-6,11-12,14-15H,7-10H2,(H2,20,21,22). The van der Waals surface area contributed by atoms with Crippen LogP contribution in [0.4, 0.5) is 10.5 Å². The zero-order valence-corrected chi connectivity index (χ0v) is 12.8. The molecule has 1 saturated carbocycles. The van der Waals surface area contributed by atoms with Crippen LogP contribution in [0, 0.1) is 0 Å². The van der Waals surface area contributed by atoms with Crippen molar-refractivity contribution in [1.29, 1.82) is 0 Å². The SMILES string of the molecule is O=C(Nc1ccccc1)NC1CCC(Oc2ncccn2)CC1. The fourth-order valence-corrected chi connectivity index (χ4v) is 2.69. The predicted molar refractivity (Wildman–Crippen MR) is 87.3 cm³/mol. The summed E-state index contributed by atoms with van der Waals surface area (Å²) in [6, 6.07) is 11.6. The molecule has 1 heterocycles. The Kier molecular flexibility index (Phi) is 5.03. The van der Waals surface area contributed by atoms with Crippen molar-refractivity contribution in [2.24, 2.45) is 0 Å². The quantitative estimate of drug-likeness (QED) is 0.910. The van der Waals surface area contributed by atoms with Crippen LogP contribution in [0.5, 0.6) is 6.01 Å². The molecule has 1 fully saturated rings. The molecule has 0 saturated heterocycles. The Morgan fingerprint density at radius 3 is 2.39 bits per heavy atom. The summed E-state index contributed by atoms with van der Waals surface area (Å²) < 4.78 is 5.75. The third-order valence-electron chi connectivity index (χ3n) is 3.86. The van der Waals surface area contributed by atoms with E-state index in [2.05, 4.69) is 20.6 Å². The first kappa shape index (κ1) is 15.3. The van der Waals surface area contributed by atoms with E-state index in [1.807, 2.05) is 30.3 Å². The molecular formula is C17H20N4O2. The first-order valence-electron chi connectivity index (χ1n) is 7.86. The minimum Gasteiger partial charge on any atom is -0.460 e. The Morgan fingerprint density at radius 2 is 1.70 bits per heavy atom. The highest BCUT2D eigenvalue weighted by Crippen LogP contribution is 2.22. The van der Waals surface area contributed by atoms with Crippen molar-refractivity contribution >= 4 is 11.7 Å². The van der Waals surface area contributed by atoms with E-state index in [9.17, 15) is 4.79 Å². The number of nitrogens with zero attached hydrogens (tertiary/aromatic N) is 2. The van der Waals surface area contributed by atoms with Gasteiger partial charge in [0.25, 0.3) is 0 Å². The number of para-hydroxylation sites is 1. The molecule has 2 N–H and O–H groups in total. The van der Waals surface area contributed by atoms with Gasteiger partial charge in [0.05, 0.1) is 0 Å². The Balaban J connectivity index is 1.41. The summed E-state index contributed by atoms with van der Waals surface area (Å²) in [4.78, 5) is 20.1. The summed E-state index contributed by atoms with van der Waals surface area (Å²) in [5.41, 5.74) is 0.795. The van der Waals surface area contributed by atoms with E-state index in [1.165, 1.54) is 0 Å². The minimum absolute atomic E-state index is 0.118. The average molecular weight is 312 g/mol. The number of amides is 2. The summed E-state index contributed by atoms with van der Waals surface area (Å²) in [6.45, 7) is 0. The monoisotopic (exact) mass is 312 g/mol. The van der Waals surface area contributed by atoms with Gasteiger partial charge in [-0.25, -0.2) is 14.8 Å². The molecule has 0 atom stereocenters. The van der Waals surface area contributed by atoms with Crippen LogP contribution in [0.15, 0.2) is 48.8 Å². The van der Waals surface area contributed by atoms with Gasteiger partial charge < -0.3 is 15.4 Å². The van der Waals surface area contributed by atoms with Crippen molar-refractivity contribution < 1.29 is 9.53 Å². The molecule has 23 heavy (non-hydrogen) atoms. The second-order valence-electron chi connectivity index (χ2n) is 5.59. The Labute approximate surface area is 135 Å². The maximum absolute atomic E-state index is 12.0. The first-order chi connectivity index (χ1) is 11.3. The third kappa shape index (κ3) is 4.67. The average Bonchev–Trinajstić information content (AvgIpc) is 2.58. The molecule has 2 amide bonds. The number of anilines is 1. The molecule has 120 valence electrons. The molecule has 1 aliphatic rings. The lowest BCUT2D eigenvalue weighted by molar-refractivity contribution is 0.129. The smallest absolute Gasteiger partial charge is 0.319 e. The van der Waals surface area contributed by atoms with E-state index in [-0.39, 0.29) is 18.2 Å². The molecule has 1 aromatic heterocycles. The predicted octanol–water partition coefficient (Wildman–Crippen LogP) is 2.99. The number of urea groups is 1. The van der Waals surface area contributed by atoms with Crippen LogP contribution in [0.1, 0.15) is 25.7 Å². The van der Waals surface area contributed by atoms with Gasteiger partial charge in [0.1, 0.15) is 6.10 Å². The second-order valence-corrected chi connectivity index (χ2v) is 5.59. The molecule has 0 unspecified atom stereocenters. The van der Waals surface area contributed by atoms with E-state index in [0.717, 1.165) is 31.4 Å². The largest absolute Gasteiger partial charge is 0.460 e. The van der Waals surface area contributed by atoms with E-state index in [0.29, 0.717) is 6.01 Å². The molecule has 0 radical (unpaired) electrons. The van der Waals surface area contributed by atoms with Gasteiger partial charge in [0.2, 0.25) is 0 Å². The Bertz CT molecular complexity index is 613. The van der Waals surface area contributed by atoms with Crippen LogP contribution in [-0.4, -0.2) is 28.1 Å². The molecule has 1 aliphatic carbocycles. The van der Waals surface area contributed by atoms with Gasteiger partial charge in [0, 0.05) is 24.1 Å². The highest BCUT2D eigenvalue weighted by molar-refractivity contribution is 5.89. The van der Waals surface area contributed by atoms with E-state index in [4.69, 9.17) is 4.74 Å². The highest BCUT2D eigenvalue weighted by atomic mass is 16.5. The summed E-state index contributed by atoms with van der Waals surface area (Å²) in [6.07, 6.45) is 7.00. The molecule has 0 aliphatic heterocycles. The number of hydrogen-bond donors (Lipinski definition) is 2. The van der Waals surface area contributed by atoms with Gasteiger partial charge in [0.15, 0.2) is 0 Å². The Hall–Kier alpha value is -2.63. The number of aromatic nitrogens is 2. The van der Waals surface area contributed by atoms with E-state index >= 15 is 0 Å². The van der Waals surface area contributed by atoms with Crippen LogP contribution in [0.2, 0.25) is 0 Å². The molecule has 1 aromatic carbocycles. The zero-order chi connectivity index (χ0) is 15.9. The number of nitrogens with one attached hydrogen (secondary N) is 2. The maximum atomic E-state index is 12.0. The normalized spacial score (nSPS) is 20.5. The van der Waals surface area contributed by atoms with Gasteiger partial charge in [-0.2, -0.15) is 0 Å². The summed E-state index contributed by atoms with van der Waals surface area (Å²) in [5, 5.41) is 5.85. The topological polar surface area (TPSA) is 76.1 Å². The molecule has 3 rings (SSSR count). The molecule has 6 nitrogen and oxygen atoms in total. The maximum Gasteiger partial charge on any atom is 0.319 e. The van der Waals surface area contributed by atoms with Crippen LogP contribution < -0.4 is 15.4 Å². The lowest BCUT2D eigenvalue weighted by atomic mass is 9.93. The third-order valence-corrected chi connectivity index (χ3v) is 3.86. The summed E-state index contributed by atoms with van der Waals surface area (Å²) in [7, 11) is 0. The lowest BCUT2D eigenvalue weighted by Crippen LogP contribution is -2.41. The number of carbonyl (C=O) groups is 1. The van der Waals surface area contributed by atoms with Gasteiger partial charge in [-0.15, -0.1) is 0 Å². The van der Waals surface area contributed by atoms with E-state index in [1.54, 1.807) is 18.5 Å². The molecule has 2 aromatic rings. The second kappa shape index (κ2) is 7.58. The number of benzene rings is 1.